The highest BCUT2D eigenvalue weighted by Gasteiger charge is 2.01. The van der Waals surface area contributed by atoms with Crippen LogP contribution >= 0.6 is 0 Å². The van der Waals surface area contributed by atoms with E-state index in [1.165, 1.54) is 0 Å². The molecule has 0 spiro atoms. The van der Waals surface area contributed by atoms with Gasteiger partial charge in [-0.05, 0) is 18.1 Å². The molecule has 0 aromatic rings. The van der Waals surface area contributed by atoms with Crippen molar-refractivity contribution in [2.24, 2.45) is 5.92 Å². The minimum Gasteiger partial charge on any atom is -0.423 e. The number of carbonyl (C=O) groups excluding carboxylic acids is 1. The molecule has 13 heavy (non-hydrogen) atoms. The molecule has 1 rings (SSSR count). The maximum absolute atomic E-state index is 10.8. The van der Waals surface area contributed by atoms with Gasteiger partial charge >= 0.3 is 5.97 Å². The standard InChI is InChI=1S/C11H12O2/c1-3-11(12)13-10-6-4-5-9(2)7-8-10/h3-9H,1H2,2H3. The van der Waals surface area contributed by atoms with E-state index < -0.39 is 5.97 Å². The summed E-state index contributed by atoms with van der Waals surface area (Å²) in [5, 5.41) is 0. The van der Waals surface area contributed by atoms with Gasteiger partial charge in [0.2, 0.25) is 0 Å². The summed E-state index contributed by atoms with van der Waals surface area (Å²) in [7, 11) is 0. The minimum absolute atomic E-state index is 0.371. The third-order valence-electron chi connectivity index (χ3n) is 1.62. The van der Waals surface area contributed by atoms with Crippen LogP contribution in [-0.2, 0) is 9.53 Å². The second kappa shape index (κ2) is 4.45. The van der Waals surface area contributed by atoms with Gasteiger partial charge in [-0.3, -0.25) is 0 Å². The van der Waals surface area contributed by atoms with E-state index in [1.807, 2.05) is 18.2 Å². The molecule has 68 valence electrons. The van der Waals surface area contributed by atoms with Crippen molar-refractivity contribution in [2.45, 2.75) is 6.92 Å². The van der Waals surface area contributed by atoms with Crippen LogP contribution in [0.1, 0.15) is 6.92 Å². The van der Waals surface area contributed by atoms with Crippen molar-refractivity contribution in [1.82, 2.24) is 0 Å². The van der Waals surface area contributed by atoms with Crippen LogP contribution in [0.5, 0.6) is 0 Å². The van der Waals surface area contributed by atoms with Crippen molar-refractivity contribution in [1.29, 1.82) is 0 Å². The first-order chi connectivity index (χ1) is 6.22. The Balaban J connectivity index is 2.66. The Labute approximate surface area is 77.9 Å². The van der Waals surface area contributed by atoms with E-state index in [2.05, 4.69) is 13.5 Å². The lowest BCUT2D eigenvalue weighted by Gasteiger charge is -1.99. The fourth-order valence-electron chi connectivity index (χ4n) is 0.918. The van der Waals surface area contributed by atoms with Gasteiger partial charge in [0.05, 0.1) is 0 Å². The molecule has 0 aromatic heterocycles. The smallest absolute Gasteiger partial charge is 0.335 e. The van der Waals surface area contributed by atoms with Crippen molar-refractivity contribution in [3.05, 3.63) is 48.8 Å². The zero-order valence-electron chi connectivity index (χ0n) is 7.57. The van der Waals surface area contributed by atoms with E-state index in [0.717, 1.165) is 6.08 Å². The normalized spacial score (nSPS) is 20.4. The molecule has 0 aromatic carbocycles. The average Bonchev–Trinajstić information content (AvgIpc) is 2.31. The SMILES string of the molecule is C=CC(=O)OC1=CC=CC(C)C=C1. The molecular weight excluding hydrogens is 164 g/mol. The first kappa shape index (κ1) is 9.52. The quantitative estimate of drug-likeness (QED) is 0.477. The third kappa shape index (κ3) is 3.11. The highest BCUT2D eigenvalue weighted by molar-refractivity contribution is 5.82. The Kier molecular flexibility index (Phi) is 3.26. The van der Waals surface area contributed by atoms with Gasteiger partial charge < -0.3 is 4.74 Å². The second-order valence-electron chi connectivity index (χ2n) is 2.80. The summed E-state index contributed by atoms with van der Waals surface area (Å²) in [6.07, 6.45) is 10.5. The summed E-state index contributed by atoms with van der Waals surface area (Å²) in [4.78, 5) is 10.8. The van der Waals surface area contributed by atoms with Crippen LogP contribution in [0.2, 0.25) is 0 Å². The topological polar surface area (TPSA) is 26.3 Å². The largest absolute Gasteiger partial charge is 0.423 e. The predicted octanol–water partition coefficient (Wildman–Crippen LogP) is 2.36. The van der Waals surface area contributed by atoms with E-state index >= 15 is 0 Å². The van der Waals surface area contributed by atoms with Crippen molar-refractivity contribution in [3.8, 4) is 0 Å². The molecule has 1 atom stereocenters. The number of esters is 1. The first-order valence-corrected chi connectivity index (χ1v) is 4.13. The molecule has 2 nitrogen and oxygen atoms in total. The Morgan fingerprint density at radius 3 is 3.08 bits per heavy atom. The van der Waals surface area contributed by atoms with E-state index in [4.69, 9.17) is 4.74 Å². The Bertz CT molecular complexity index is 295. The molecule has 1 aliphatic carbocycles. The Morgan fingerprint density at radius 2 is 2.38 bits per heavy atom. The van der Waals surface area contributed by atoms with Gasteiger partial charge in [0, 0.05) is 6.08 Å². The van der Waals surface area contributed by atoms with Crippen molar-refractivity contribution >= 4 is 5.97 Å². The number of hydrogen-bond acceptors (Lipinski definition) is 2. The predicted molar refractivity (Wildman–Crippen MR) is 51.8 cm³/mol. The van der Waals surface area contributed by atoms with Crippen molar-refractivity contribution < 1.29 is 9.53 Å². The molecule has 0 fully saturated rings. The van der Waals surface area contributed by atoms with Crippen molar-refractivity contribution in [3.63, 3.8) is 0 Å². The summed E-state index contributed by atoms with van der Waals surface area (Å²) in [5.74, 6) is 0.487. The fraction of sp³-hybridized carbons (Fsp3) is 0.182. The maximum atomic E-state index is 10.8. The molecule has 0 amide bonds. The number of carbonyl (C=O) groups is 1. The molecule has 0 bridgehead atoms. The molecule has 0 saturated heterocycles. The highest BCUT2D eigenvalue weighted by atomic mass is 16.5. The summed E-state index contributed by atoms with van der Waals surface area (Å²) >= 11 is 0. The van der Waals surface area contributed by atoms with Crippen LogP contribution in [-0.4, -0.2) is 5.97 Å². The second-order valence-corrected chi connectivity index (χ2v) is 2.80. The lowest BCUT2D eigenvalue weighted by atomic mass is 10.2. The van der Waals surface area contributed by atoms with Gasteiger partial charge in [-0.25, -0.2) is 4.79 Å². The summed E-state index contributed by atoms with van der Waals surface area (Å²) in [6.45, 7) is 5.38. The number of allylic oxidation sites excluding steroid dienone is 5. The average molecular weight is 176 g/mol. The molecule has 1 unspecified atom stereocenters. The molecule has 0 radical (unpaired) electrons. The third-order valence-corrected chi connectivity index (χ3v) is 1.62. The van der Waals surface area contributed by atoms with Crippen LogP contribution in [0.4, 0.5) is 0 Å². The van der Waals surface area contributed by atoms with E-state index in [1.54, 1.807) is 12.2 Å². The zero-order valence-corrected chi connectivity index (χ0v) is 7.57. The fourth-order valence-corrected chi connectivity index (χ4v) is 0.918. The van der Waals surface area contributed by atoms with Gasteiger partial charge in [-0.2, -0.15) is 0 Å². The van der Waals surface area contributed by atoms with Gasteiger partial charge in [0.25, 0.3) is 0 Å². The van der Waals surface area contributed by atoms with E-state index in [-0.39, 0.29) is 0 Å². The molecule has 2 heteroatoms. The molecule has 0 aliphatic heterocycles. The van der Waals surface area contributed by atoms with Gasteiger partial charge in [0.15, 0.2) is 0 Å². The Morgan fingerprint density at radius 1 is 1.62 bits per heavy atom. The number of ether oxygens (including phenoxy) is 1. The van der Waals surface area contributed by atoms with Gasteiger partial charge in [-0.1, -0.05) is 31.7 Å². The van der Waals surface area contributed by atoms with Crippen LogP contribution in [0.3, 0.4) is 0 Å². The summed E-state index contributed by atoms with van der Waals surface area (Å²) < 4.78 is 4.93. The van der Waals surface area contributed by atoms with Crippen LogP contribution in [0.15, 0.2) is 48.8 Å². The maximum Gasteiger partial charge on any atom is 0.335 e. The minimum atomic E-state index is -0.432. The van der Waals surface area contributed by atoms with Crippen LogP contribution < -0.4 is 0 Å². The number of rotatable bonds is 2. The van der Waals surface area contributed by atoms with Crippen LogP contribution in [0.25, 0.3) is 0 Å². The molecule has 0 N–H and O–H groups in total. The monoisotopic (exact) mass is 176 g/mol. The first-order valence-electron chi connectivity index (χ1n) is 4.13. The molecular formula is C11H12O2. The summed E-state index contributed by atoms with van der Waals surface area (Å²) in [5.41, 5.74) is 0. The van der Waals surface area contributed by atoms with Gasteiger partial charge in [0.1, 0.15) is 5.76 Å². The molecule has 1 aliphatic rings. The highest BCUT2D eigenvalue weighted by Crippen LogP contribution is 2.10. The number of hydrogen-bond donors (Lipinski definition) is 0. The lowest BCUT2D eigenvalue weighted by Crippen LogP contribution is -1.97. The molecule has 0 saturated carbocycles. The Hall–Kier alpha value is -1.57. The lowest BCUT2D eigenvalue weighted by molar-refractivity contribution is -0.133. The van der Waals surface area contributed by atoms with Crippen molar-refractivity contribution in [2.75, 3.05) is 0 Å². The van der Waals surface area contributed by atoms with E-state index in [0.29, 0.717) is 11.7 Å². The van der Waals surface area contributed by atoms with E-state index in [9.17, 15) is 4.79 Å². The molecule has 0 heterocycles. The zero-order chi connectivity index (χ0) is 9.68. The van der Waals surface area contributed by atoms with Gasteiger partial charge in [-0.15, -0.1) is 0 Å². The van der Waals surface area contributed by atoms with Crippen LogP contribution in [0, 0.1) is 5.92 Å². The summed E-state index contributed by atoms with van der Waals surface area (Å²) in [6, 6.07) is 0.